The maximum absolute atomic E-state index is 12.3. The van der Waals surface area contributed by atoms with Crippen molar-refractivity contribution in [3.05, 3.63) is 0 Å². The average molecular weight is 282 g/mol. The Morgan fingerprint density at radius 2 is 1.75 bits per heavy atom. The molecule has 1 saturated heterocycles. The standard InChI is InChI=1S/C17H34N2O/c1-13(2)16-7-10-19(11-8-16)17(20)12-15(5)6-9-18-14(3)4/h13-16,18H,6-12H2,1-5H3. The Labute approximate surface area is 125 Å². The molecule has 1 fully saturated rings. The zero-order chi connectivity index (χ0) is 15.1. The Hall–Kier alpha value is -0.570. The van der Waals surface area contributed by atoms with Crippen molar-refractivity contribution in [2.45, 2.75) is 66.3 Å². The fourth-order valence-electron chi connectivity index (χ4n) is 2.96. The lowest BCUT2D eigenvalue weighted by atomic mass is 9.86. The molecule has 0 radical (unpaired) electrons. The van der Waals surface area contributed by atoms with E-state index in [-0.39, 0.29) is 0 Å². The lowest BCUT2D eigenvalue weighted by Gasteiger charge is -2.34. The van der Waals surface area contributed by atoms with Gasteiger partial charge < -0.3 is 10.2 Å². The number of hydrogen-bond acceptors (Lipinski definition) is 2. The summed E-state index contributed by atoms with van der Waals surface area (Å²) in [5.41, 5.74) is 0. The Bertz CT molecular complexity index is 281. The molecule has 20 heavy (non-hydrogen) atoms. The second-order valence-corrected chi connectivity index (χ2v) is 7.17. The van der Waals surface area contributed by atoms with Crippen LogP contribution in [-0.2, 0) is 4.79 Å². The predicted molar refractivity (Wildman–Crippen MR) is 85.7 cm³/mol. The van der Waals surface area contributed by atoms with Crippen molar-refractivity contribution in [1.29, 1.82) is 0 Å². The molecule has 1 heterocycles. The van der Waals surface area contributed by atoms with Gasteiger partial charge >= 0.3 is 0 Å². The van der Waals surface area contributed by atoms with Gasteiger partial charge in [-0.2, -0.15) is 0 Å². The Kier molecular flexibility index (Phi) is 7.57. The van der Waals surface area contributed by atoms with E-state index in [1.54, 1.807) is 0 Å². The minimum Gasteiger partial charge on any atom is -0.343 e. The van der Waals surface area contributed by atoms with E-state index in [0.717, 1.165) is 37.9 Å². The first kappa shape index (κ1) is 17.5. The van der Waals surface area contributed by atoms with E-state index in [4.69, 9.17) is 0 Å². The van der Waals surface area contributed by atoms with Gasteiger partial charge in [0.05, 0.1) is 0 Å². The third kappa shape index (κ3) is 6.25. The van der Waals surface area contributed by atoms with Gasteiger partial charge in [-0.25, -0.2) is 0 Å². The molecule has 0 bridgehead atoms. The third-order valence-corrected chi connectivity index (χ3v) is 4.55. The van der Waals surface area contributed by atoms with Crippen LogP contribution in [-0.4, -0.2) is 36.5 Å². The van der Waals surface area contributed by atoms with Crippen molar-refractivity contribution in [3.63, 3.8) is 0 Å². The summed E-state index contributed by atoms with van der Waals surface area (Å²) in [5, 5.41) is 3.42. The molecular weight excluding hydrogens is 248 g/mol. The van der Waals surface area contributed by atoms with Gasteiger partial charge in [-0.1, -0.05) is 34.6 Å². The maximum atomic E-state index is 12.3. The van der Waals surface area contributed by atoms with E-state index in [2.05, 4.69) is 44.8 Å². The first-order chi connectivity index (χ1) is 9.40. The number of hydrogen-bond donors (Lipinski definition) is 1. The van der Waals surface area contributed by atoms with Crippen molar-refractivity contribution in [2.24, 2.45) is 17.8 Å². The molecule has 0 saturated carbocycles. The van der Waals surface area contributed by atoms with Crippen LogP contribution in [0.1, 0.15) is 60.3 Å². The highest BCUT2D eigenvalue weighted by atomic mass is 16.2. The summed E-state index contributed by atoms with van der Waals surface area (Å²) in [6, 6.07) is 0.535. The van der Waals surface area contributed by atoms with Gasteiger partial charge in [0.1, 0.15) is 0 Å². The van der Waals surface area contributed by atoms with Gasteiger partial charge in [-0.15, -0.1) is 0 Å². The summed E-state index contributed by atoms with van der Waals surface area (Å²) < 4.78 is 0. The van der Waals surface area contributed by atoms with Crippen LogP contribution in [0.5, 0.6) is 0 Å². The molecular formula is C17H34N2O. The molecule has 0 aromatic rings. The van der Waals surface area contributed by atoms with Gasteiger partial charge in [-0.05, 0) is 43.6 Å². The molecule has 1 atom stereocenters. The first-order valence-electron chi connectivity index (χ1n) is 8.41. The molecule has 3 nitrogen and oxygen atoms in total. The van der Waals surface area contributed by atoms with E-state index < -0.39 is 0 Å². The lowest BCUT2D eigenvalue weighted by Crippen LogP contribution is -2.40. The molecule has 1 aliphatic heterocycles. The molecule has 1 unspecified atom stereocenters. The average Bonchev–Trinajstić information content (AvgIpc) is 2.38. The van der Waals surface area contributed by atoms with Crippen molar-refractivity contribution in [1.82, 2.24) is 10.2 Å². The molecule has 1 rings (SSSR count). The van der Waals surface area contributed by atoms with Crippen LogP contribution in [0.3, 0.4) is 0 Å². The largest absolute Gasteiger partial charge is 0.343 e. The third-order valence-electron chi connectivity index (χ3n) is 4.55. The summed E-state index contributed by atoms with van der Waals surface area (Å²) in [7, 11) is 0. The Balaban J connectivity index is 2.22. The molecule has 0 aliphatic carbocycles. The van der Waals surface area contributed by atoms with E-state index in [9.17, 15) is 4.79 Å². The van der Waals surface area contributed by atoms with Gasteiger partial charge in [0, 0.05) is 25.6 Å². The van der Waals surface area contributed by atoms with Gasteiger partial charge in [0.2, 0.25) is 5.91 Å². The normalized spacial score (nSPS) is 18.9. The molecule has 118 valence electrons. The van der Waals surface area contributed by atoms with E-state index >= 15 is 0 Å². The Morgan fingerprint density at radius 3 is 2.25 bits per heavy atom. The summed E-state index contributed by atoms with van der Waals surface area (Å²) >= 11 is 0. The fraction of sp³-hybridized carbons (Fsp3) is 0.941. The maximum Gasteiger partial charge on any atom is 0.222 e. The number of rotatable bonds is 7. The van der Waals surface area contributed by atoms with Crippen LogP contribution in [0.25, 0.3) is 0 Å². The van der Waals surface area contributed by atoms with E-state index in [1.165, 1.54) is 12.8 Å². The van der Waals surface area contributed by atoms with Crippen LogP contribution in [0, 0.1) is 17.8 Å². The van der Waals surface area contributed by atoms with Crippen molar-refractivity contribution >= 4 is 5.91 Å². The summed E-state index contributed by atoms with van der Waals surface area (Å²) in [5.74, 6) is 2.42. The SMILES string of the molecule is CC(CCNC(C)C)CC(=O)N1CCC(C(C)C)CC1. The van der Waals surface area contributed by atoms with E-state index in [0.29, 0.717) is 24.3 Å². The number of likely N-dealkylation sites (tertiary alicyclic amines) is 1. The van der Waals surface area contributed by atoms with Crippen LogP contribution in [0.15, 0.2) is 0 Å². The van der Waals surface area contributed by atoms with Crippen LogP contribution < -0.4 is 5.32 Å². The van der Waals surface area contributed by atoms with Gasteiger partial charge in [0.25, 0.3) is 0 Å². The van der Waals surface area contributed by atoms with E-state index in [1.807, 2.05) is 0 Å². The number of amides is 1. The second kappa shape index (κ2) is 8.66. The highest BCUT2D eigenvalue weighted by Crippen LogP contribution is 2.25. The number of carbonyl (C=O) groups is 1. The molecule has 0 spiro atoms. The van der Waals surface area contributed by atoms with Crippen LogP contribution in [0.2, 0.25) is 0 Å². The summed E-state index contributed by atoms with van der Waals surface area (Å²) in [6.45, 7) is 14.1. The van der Waals surface area contributed by atoms with Crippen molar-refractivity contribution in [3.8, 4) is 0 Å². The molecule has 0 aromatic heterocycles. The molecule has 1 amide bonds. The summed E-state index contributed by atoms with van der Waals surface area (Å²) in [6.07, 6.45) is 4.18. The summed E-state index contributed by atoms with van der Waals surface area (Å²) in [4.78, 5) is 14.4. The predicted octanol–water partition coefficient (Wildman–Crippen LogP) is 3.30. The second-order valence-electron chi connectivity index (χ2n) is 7.17. The van der Waals surface area contributed by atoms with Crippen molar-refractivity contribution < 1.29 is 4.79 Å². The van der Waals surface area contributed by atoms with Gasteiger partial charge in [0.15, 0.2) is 0 Å². The number of piperidine rings is 1. The topological polar surface area (TPSA) is 32.3 Å². The van der Waals surface area contributed by atoms with Crippen LogP contribution >= 0.6 is 0 Å². The molecule has 0 aromatic carbocycles. The number of carbonyl (C=O) groups excluding carboxylic acids is 1. The minimum atomic E-state index is 0.365. The Morgan fingerprint density at radius 1 is 1.15 bits per heavy atom. The molecule has 3 heteroatoms. The highest BCUT2D eigenvalue weighted by Gasteiger charge is 2.25. The smallest absolute Gasteiger partial charge is 0.222 e. The zero-order valence-electron chi connectivity index (χ0n) is 14.1. The number of nitrogens with zero attached hydrogens (tertiary/aromatic N) is 1. The zero-order valence-corrected chi connectivity index (χ0v) is 14.1. The van der Waals surface area contributed by atoms with Crippen LogP contribution in [0.4, 0.5) is 0 Å². The molecule has 1 aliphatic rings. The van der Waals surface area contributed by atoms with Crippen molar-refractivity contribution in [2.75, 3.05) is 19.6 Å². The number of nitrogens with one attached hydrogen (secondary N) is 1. The highest BCUT2D eigenvalue weighted by molar-refractivity contribution is 5.76. The first-order valence-corrected chi connectivity index (χ1v) is 8.41. The molecule has 1 N–H and O–H groups in total. The minimum absolute atomic E-state index is 0.365. The van der Waals surface area contributed by atoms with Gasteiger partial charge in [-0.3, -0.25) is 4.79 Å². The quantitative estimate of drug-likeness (QED) is 0.777. The monoisotopic (exact) mass is 282 g/mol. The fourth-order valence-corrected chi connectivity index (χ4v) is 2.96. The lowest BCUT2D eigenvalue weighted by molar-refractivity contribution is -0.133.